The van der Waals surface area contributed by atoms with Crippen molar-refractivity contribution in [1.82, 2.24) is 0 Å². The summed E-state index contributed by atoms with van der Waals surface area (Å²) >= 11 is 0. The van der Waals surface area contributed by atoms with Gasteiger partial charge in [-0.1, -0.05) is 30.3 Å². The summed E-state index contributed by atoms with van der Waals surface area (Å²) in [6, 6.07) is 10.0. The molecule has 1 aromatic carbocycles. The smallest absolute Gasteiger partial charge is 0.00403 e. The van der Waals surface area contributed by atoms with E-state index in [-0.39, 0.29) is 0 Å². The first-order valence-corrected chi connectivity index (χ1v) is 3.30. The topological polar surface area (TPSA) is 23.9 Å². The monoisotopic (exact) mass is 132 g/mol. The lowest BCUT2D eigenvalue weighted by Crippen LogP contribution is -1.79. The van der Waals surface area contributed by atoms with Crippen LogP contribution < -0.4 is 0 Å². The molecule has 1 radical (unpaired) electrons. The fourth-order valence-corrected chi connectivity index (χ4v) is 0.784. The van der Waals surface area contributed by atoms with E-state index in [0.29, 0.717) is 0 Å². The molecular weight excluding hydrogens is 122 g/mol. The molecule has 0 aliphatic carbocycles. The molecule has 0 spiro atoms. The van der Waals surface area contributed by atoms with Crippen molar-refractivity contribution < 1.29 is 0 Å². The van der Waals surface area contributed by atoms with Crippen LogP contribution in [0.1, 0.15) is 12.0 Å². The number of nitrogens with one attached hydrogen (secondary N) is 1. The number of rotatable bonds is 3. The molecule has 1 aromatic rings. The van der Waals surface area contributed by atoms with Gasteiger partial charge < -0.3 is 5.41 Å². The van der Waals surface area contributed by atoms with Crippen LogP contribution in [0.4, 0.5) is 0 Å². The summed E-state index contributed by atoms with van der Waals surface area (Å²) in [5.74, 6) is 0. The van der Waals surface area contributed by atoms with Crippen molar-refractivity contribution in [3.8, 4) is 0 Å². The molecule has 51 valence electrons. The highest BCUT2D eigenvalue weighted by molar-refractivity contribution is 5.56. The second-order valence-electron chi connectivity index (χ2n) is 2.05. The van der Waals surface area contributed by atoms with Gasteiger partial charge in [0.05, 0.1) is 0 Å². The van der Waals surface area contributed by atoms with Crippen LogP contribution in [0.2, 0.25) is 0 Å². The van der Waals surface area contributed by atoms with Crippen molar-refractivity contribution in [2.75, 3.05) is 0 Å². The van der Waals surface area contributed by atoms with Crippen molar-refractivity contribution in [3.63, 3.8) is 0 Å². The highest BCUT2D eigenvalue weighted by atomic mass is 14.3. The van der Waals surface area contributed by atoms with Crippen molar-refractivity contribution in [3.05, 3.63) is 42.3 Å². The first-order chi connectivity index (χ1) is 4.93. The molecule has 1 nitrogen and oxygen atoms in total. The molecular formula is C9H10N. The Morgan fingerprint density at radius 2 is 1.90 bits per heavy atom. The predicted molar refractivity (Wildman–Crippen MR) is 43.2 cm³/mol. The number of hydrogen-bond acceptors (Lipinski definition) is 1. The zero-order valence-electron chi connectivity index (χ0n) is 5.75. The third kappa shape index (κ3) is 2.02. The van der Waals surface area contributed by atoms with Crippen LogP contribution in [0.3, 0.4) is 0 Å². The van der Waals surface area contributed by atoms with Crippen LogP contribution in [-0.4, -0.2) is 6.21 Å². The summed E-state index contributed by atoms with van der Waals surface area (Å²) in [4.78, 5) is 0. The lowest BCUT2D eigenvalue weighted by Gasteiger charge is -1.93. The van der Waals surface area contributed by atoms with Gasteiger partial charge in [0.25, 0.3) is 0 Å². The maximum absolute atomic E-state index is 6.80. The van der Waals surface area contributed by atoms with E-state index >= 15 is 0 Å². The van der Waals surface area contributed by atoms with Gasteiger partial charge in [-0.3, -0.25) is 0 Å². The maximum atomic E-state index is 6.80. The SMILES string of the molecule is N=CC[CH]c1ccccc1. The minimum Gasteiger partial charge on any atom is -0.313 e. The van der Waals surface area contributed by atoms with Crippen molar-refractivity contribution in [2.45, 2.75) is 6.42 Å². The van der Waals surface area contributed by atoms with Gasteiger partial charge in [0, 0.05) is 0 Å². The van der Waals surface area contributed by atoms with Gasteiger partial charge in [-0.15, -0.1) is 0 Å². The molecule has 0 atom stereocenters. The van der Waals surface area contributed by atoms with Crippen LogP contribution in [0.25, 0.3) is 0 Å². The molecule has 1 rings (SSSR count). The molecule has 0 saturated heterocycles. The molecule has 1 heteroatoms. The molecule has 10 heavy (non-hydrogen) atoms. The van der Waals surface area contributed by atoms with Crippen molar-refractivity contribution >= 4 is 6.21 Å². The van der Waals surface area contributed by atoms with Gasteiger partial charge in [0.2, 0.25) is 0 Å². The zero-order chi connectivity index (χ0) is 7.23. The Kier molecular flexibility index (Phi) is 2.68. The Labute approximate surface area is 61.2 Å². The van der Waals surface area contributed by atoms with Gasteiger partial charge in [0.15, 0.2) is 0 Å². The molecule has 0 aromatic heterocycles. The minimum atomic E-state index is 0.726. The van der Waals surface area contributed by atoms with Gasteiger partial charge in [-0.05, 0) is 24.6 Å². The second kappa shape index (κ2) is 3.83. The predicted octanol–water partition coefficient (Wildman–Crippen LogP) is 2.28. The third-order valence-corrected chi connectivity index (χ3v) is 1.27. The Morgan fingerprint density at radius 1 is 1.20 bits per heavy atom. The first kappa shape index (κ1) is 7.00. The zero-order valence-corrected chi connectivity index (χ0v) is 5.75. The summed E-state index contributed by atoms with van der Waals surface area (Å²) in [6.07, 6.45) is 4.14. The fraction of sp³-hybridized carbons (Fsp3) is 0.111. The standard InChI is InChI=1S/C9H10N/c10-8-4-7-9-5-2-1-3-6-9/h1-3,5-8,10H,4H2. The molecule has 0 fully saturated rings. The van der Waals surface area contributed by atoms with E-state index in [0.717, 1.165) is 6.42 Å². The molecule has 0 bridgehead atoms. The molecule has 0 heterocycles. The molecule has 1 N–H and O–H groups in total. The average Bonchev–Trinajstić information content (AvgIpc) is 2.03. The molecule has 0 saturated carbocycles. The first-order valence-electron chi connectivity index (χ1n) is 3.30. The van der Waals surface area contributed by atoms with Crippen LogP contribution in [-0.2, 0) is 0 Å². The van der Waals surface area contributed by atoms with E-state index in [2.05, 4.69) is 0 Å². The Hall–Kier alpha value is -1.11. The van der Waals surface area contributed by atoms with E-state index in [9.17, 15) is 0 Å². The highest BCUT2D eigenvalue weighted by Gasteiger charge is 1.87. The van der Waals surface area contributed by atoms with Crippen molar-refractivity contribution in [2.24, 2.45) is 0 Å². The maximum Gasteiger partial charge on any atom is -0.00403 e. The van der Waals surface area contributed by atoms with Gasteiger partial charge in [-0.2, -0.15) is 0 Å². The van der Waals surface area contributed by atoms with Gasteiger partial charge in [-0.25, -0.2) is 0 Å². The number of hydrogen-bond donors (Lipinski definition) is 1. The van der Waals surface area contributed by atoms with E-state index in [1.807, 2.05) is 36.8 Å². The molecule has 0 aliphatic rings. The van der Waals surface area contributed by atoms with Crippen LogP contribution >= 0.6 is 0 Å². The van der Waals surface area contributed by atoms with Crippen LogP contribution in [0, 0.1) is 11.8 Å². The summed E-state index contributed by atoms with van der Waals surface area (Å²) in [5.41, 5.74) is 1.19. The van der Waals surface area contributed by atoms with Crippen LogP contribution in [0.5, 0.6) is 0 Å². The number of benzene rings is 1. The molecule has 0 aliphatic heterocycles. The lowest BCUT2D eigenvalue weighted by molar-refractivity contribution is 1.30. The van der Waals surface area contributed by atoms with E-state index < -0.39 is 0 Å². The lowest BCUT2D eigenvalue weighted by atomic mass is 10.1. The fourth-order valence-electron chi connectivity index (χ4n) is 0.784. The largest absolute Gasteiger partial charge is 0.313 e. The summed E-state index contributed by atoms with van der Waals surface area (Å²) < 4.78 is 0. The van der Waals surface area contributed by atoms with Crippen molar-refractivity contribution in [1.29, 1.82) is 5.41 Å². The van der Waals surface area contributed by atoms with E-state index in [1.54, 1.807) is 0 Å². The van der Waals surface area contributed by atoms with Gasteiger partial charge >= 0.3 is 0 Å². The summed E-state index contributed by atoms with van der Waals surface area (Å²) in [7, 11) is 0. The Morgan fingerprint density at radius 3 is 2.50 bits per heavy atom. The third-order valence-electron chi connectivity index (χ3n) is 1.27. The summed E-state index contributed by atoms with van der Waals surface area (Å²) in [5, 5.41) is 6.80. The average molecular weight is 132 g/mol. The quantitative estimate of drug-likeness (QED) is 0.610. The molecule has 0 unspecified atom stereocenters. The van der Waals surface area contributed by atoms with Crippen LogP contribution in [0.15, 0.2) is 30.3 Å². The highest BCUT2D eigenvalue weighted by Crippen LogP contribution is 2.02. The summed E-state index contributed by atoms with van der Waals surface area (Å²) in [6.45, 7) is 0. The van der Waals surface area contributed by atoms with Gasteiger partial charge in [0.1, 0.15) is 0 Å². The second-order valence-corrected chi connectivity index (χ2v) is 2.05. The Balaban J connectivity index is 2.50. The normalized spacial score (nSPS) is 9.20. The van der Waals surface area contributed by atoms with E-state index in [1.165, 1.54) is 11.8 Å². The minimum absolute atomic E-state index is 0.726. The van der Waals surface area contributed by atoms with E-state index in [4.69, 9.17) is 5.41 Å². The molecule has 0 amide bonds. The Bertz CT molecular complexity index is 191.